The third kappa shape index (κ3) is 5.40. The highest BCUT2D eigenvalue weighted by Gasteiger charge is 2.14. The third-order valence-electron chi connectivity index (χ3n) is 1.74. The van der Waals surface area contributed by atoms with Crippen molar-refractivity contribution >= 4 is 12.1 Å². The molecule has 1 amide bonds. The van der Waals surface area contributed by atoms with E-state index in [4.69, 9.17) is 0 Å². The number of likely N-dealkylation sites (tertiary alicyclic amines) is 1. The Bertz CT molecular complexity index is 193. The average Bonchev–Trinajstić information content (AvgIpc) is 2.52. The zero-order chi connectivity index (χ0) is 11.0. The summed E-state index contributed by atoms with van der Waals surface area (Å²) in [4.78, 5) is 22.2. The molecule has 1 saturated heterocycles. The lowest BCUT2D eigenvalue weighted by atomic mass is 10.4. The van der Waals surface area contributed by atoms with Gasteiger partial charge in [0.05, 0.1) is 13.7 Å². The molecule has 1 aliphatic rings. The van der Waals surface area contributed by atoms with Crippen LogP contribution in [0.15, 0.2) is 0 Å². The first kappa shape index (κ1) is 12.7. The molecule has 0 unspecified atom stereocenters. The fraction of sp³-hybridized carbons (Fsp3) is 0.778. The van der Waals surface area contributed by atoms with E-state index in [-0.39, 0.29) is 0 Å². The second kappa shape index (κ2) is 7.17. The van der Waals surface area contributed by atoms with Crippen molar-refractivity contribution in [3.05, 3.63) is 0 Å². The van der Waals surface area contributed by atoms with Crippen molar-refractivity contribution in [1.82, 2.24) is 4.90 Å². The monoisotopic (exact) mass is 203 g/mol. The van der Waals surface area contributed by atoms with Crippen LogP contribution >= 0.6 is 0 Å². The highest BCUT2D eigenvalue weighted by atomic mass is 16.7. The Labute approximate surface area is 84.0 Å². The molecule has 14 heavy (non-hydrogen) atoms. The normalized spacial score (nSPS) is 14.5. The number of amides is 1. The molecule has 1 rings (SSSR count). The SMILES string of the molecule is CCOC(=O)OC.CN1CCCC1=O. The third-order valence-corrected chi connectivity index (χ3v) is 1.74. The first-order valence-corrected chi connectivity index (χ1v) is 4.56. The largest absolute Gasteiger partial charge is 0.507 e. The summed E-state index contributed by atoms with van der Waals surface area (Å²) < 4.78 is 8.46. The number of ether oxygens (including phenoxy) is 2. The van der Waals surface area contributed by atoms with E-state index in [0.717, 1.165) is 19.4 Å². The van der Waals surface area contributed by atoms with Gasteiger partial charge >= 0.3 is 6.16 Å². The first-order valence-electron chi connectivity index (χ1n) is 4.56. The smallest absolute Gasteiger partial charge is 0.438 e. The molecular formula is C9H17NO4. The molecule has 0 aromatic carbocycles. The van der Waals surface area contributed by atoms with Gasteiger partial charge in [0.15, 0.2) is 0 Å². The molecule has 0 atom stereocenters. The summed E-state index contributed by atoms with van der Waals surface area (Å²) in [6.45, 7) is 3.04. The first-order chi connectivity index (χ1) is 6.61. The number of rotatable bonds is 1. The minimum absolute atomic E-state index is 0.292. The van der Waals surface area contributed by atoms with Gasteiger partial charge in [0.2, 0.25) is 5.91 Å². The zero-order valence-electron chi connectivity index (χ0n) is 8.91. The van der Waals surface area contributed by atoms with Gasteiger partial charge in [0.1, 0.15) is 0 Å². The van der Waals surface area contributed by atoms with E-state index in [1.807, 2.05) is 7.05 Å². The van der Waals surface area contributed by atoms with Crippen molar-refractivity contribution in [3.63, 3.8) is 0 Å². The van der Waals surface area contributed by atoms with E-state index in [2.05, 4.69) is 9.47 Å². The summed E-state index contributed by atoms with van der Waals surface area (Å²) in [5.74, 6) is 0.292. The molecule has 0 saturated carbocycles. The van der Waals surface area contributed by atoms with Crippen molar-refractivity contribution in [2.75, 3.05) is 27.3 Å². The molecule has 0 aromatic rings. The molecule has 82 valence electrons. The molecule has 0 bridgehead atoms. The summed E-state index contributed by atoms with van der Waals surface area (Å²) in [6, 6.07) is 0. The Kier molecular flexibility index (Phi) is 6.53. The molecule has 0 N–H and O–H groups in total. The van der Waals surface area contributed by atoms with Gasteiger partial charge in [-0.3, -0.25) is 4.79 Å². The number of hydrogen-bond acceptors (Lipinski definition) is 4. The van der Waals surface area contributed by atoms with Crippen LogP contribution < -0.4 is 0 Å². The van der Waals surface area contributed by atoms with Crippen LogP contribution in [0.5, 0.6) is 0 Å². The van der Waals surface area contributed by atoms with Gasteiger partial charge < -0.3 is 14.4 Å². The Morgan fingerprint density at radius 2 is 2.21 bits per heavy atom. The van der Waals surface area contributed by atoms with Crippen molar-refractivity contribution in [2.24, 2.45) is 0 Å². The van der Waals surface area contributed by atoms with Crippen LogP contribution in [0.25, 0.3) is 0 Å². The van der Waals surface area contributed by atoms with Crippen LogP contribution in [0.3, 0.4) is 0 Å². The van der Waals surface area contributed by atoms with E-state index >= 15 is 0 Å². The van der Waals surface area contributed by atoms with Crippen LogP contribution in [0, 0.1) is 0 Å². The van der Waals surface area contributed by atoms with Crippen LogP contribution in [-0.2, 0) is 14.3 Å². The Balaban J connectivity index is 0.000000241. The number of carbonyl (C=O) groups is 2. The van der Waals surface area contributed by atoms with Crippen LogP contribution in [0.2, 0.25) is 0 Å². The van der Waals surface area contributed by atoms with Gasteiger partial charge in [0, 0.05) is 20.0 Å². The summed E-state index contributed by atoms with van der Waals surface area (Å²) in [5, 5.41) is 0. The van der Waals surface area contributed by atoms with Crippen molar-refractivity contribution in [2.45, 2.75) is 19.8 Å². The summed E-state index contributed by atoms with van der Waals surface area (Å²) >= 11 is 0. The second-order valence-corrected chi connectivity index (χ2v) is 2.81. The fourth-order valence-electron chi connectivity index (χ4n) is 0.960. The molecule has 0 spiro atoms. The predicted octanol–water partition coefficient (Wildman–Crippen LogP) is 1.03. The van der Waals surface area contributed by atoms with Gasteiger partial charge in [0.25, 0.3) is 0 Å². The number of methoxy groups -OCH3 is 1. The Morgan fingerprint density at radius 3 is 2.36 bits per heavy atom. The maximum Gasteiger partial charge on any atom is 0.507 e. The quantitative estimate of drug-likeness (QED) is 0.597. The van der Waals surface area contributed by atoms with Gasteiger partial charge in [-0.2, -0.15) is 0 Å². The topological polar surface area (TPSA) is 55.8 Å². The van der Waals surface area contributed by atoms with Crippen molar-refractivity contribution in [3.8, 4) is 0 Å². The van der Waals surface area contributed by atoms with Gasteiger partial charge in [-0.05, 0) is 13.3 Å². The summed E-state index contributed by atoms with van der Waals surface area (Å²) in [6.07, 6.45) is 1.19. The summed E-state index contributed by atoms with van der Waals surface area (Å²) in [5.41, 5.74) is 0. The molecule has 1 fully saturated rings. The number of hydrogen-bond donors (Lipinski definition) is 0. The van der Waals surface area contributed by atoms with E-state index in [1.54, 1.807) is 11.8 Å². The van der Waals surface area contributed by atoms with Crippen molar-refractivity contribution in [1.29, 1.82) is 0 Å². The summed E-state index contributed by atoms with van der Waals surface area (Å²) in [7, 11) is 3.12. The molecule has 5 nitrogen and oxygen atoms in total. The van der Waals surface area contributed by atoms with E-state index in [1.165, 1.54) is 7.11 Å². The number of nitrogens with zero attached hydrogens (tertiary/aromatic N) is 1. The highest BCUT2D eigenvalue weighted by molar-refractivity contribution is 5.77. The molecule has 5 heteroatoms. The zero-order valence-corrected chi connectivity index (χ0v) is 8.91. The lowest BCUT2D eigenvalue weighted by Crippen LogP contribution is -2.17. The van der Waals surface area contributed by atoms with E-state index < -0.39 is 6.16 Å². The minimum atomic E-state index is -0.623. The molecular weight excluding hydrogens is 186 g/mol. The average molecular weight is 203 g/mol. The van der Waals surface area contributed by atoms with Gasteiger partial charge in [-0.1, -0.05) is 0 Å². The maximum atomic E-state index is 10.5. The standard InChI is InChI=1S/C5H9NO.C4H8O3/c1-6-4-2-3-5(6)7;1-3-7-4(5)6-2/h2-4H2,1H3;3H2,1-2H3. The molecule has 0 aliphatic carbocycles. The predicted molar refractivity (Wildman–Crippen MR) is 50.9 cm³/mol. The van der Waals surface area contributed by atoms with Crippen LogP contribution in [-0.4, -0.2) is 44.3 Å². The lowest BCUT2D eigenvalue weighted by Gasteiger charge is -2.03. The van der Waals surface area contributed by atoms with Gasteiger partial charge in [-0.25, -0.2) is 4.79 Å². The maximum absolute atomic E-state index is 10.5. The van der Waals surface area contributed by atoms with E-state index in [0.29, 0.717) is 12.5 Å². The Morgan fingerprint density at radius 1 is 1.57 bits per heavy atom. The van der Waals surface area contributed by atoms with E-state index in [9.17, 15) is 9.59 Å². The molecule has 1 aliphatic heterocycles. The van der Waals surface area contributed by atoms with Gasteiger partial charge in [-0.15, -0.1) is 0 Å². The Hall–Kier alpha value is -1.26. The lowest BCUT2D eigenvalue weighted by molar-refractivity contribution is -0.126. The molecule has 1 heterocycles. The molecule has 0 aromatic heterocycles. The highest BCUT2D eigenvalue weighted by Crippen LogP contribution is 2.04. The van der Waals surface area contributed by atoms with Crippen LogP contribution in [0.4, 0.5) is 4.79 Å². The molecule has 0 radical (unpaired) electrons. The fourth-order valence-corrected chi connectivity index (χ4v) is 0.960. The van der Waals surface area contributed by atoms with Crippen LogP contribution in [0.1, 0.15) is 19.8 Å². The minimum Gasteiger partial charge on any atom is -0.438 e. The van der Waals surface area contributed by atoms with Crippen molar-refractivity contribution < 1.29 is 19.1 Å². The number of carbonyl (C=O) groups excluding carboxylic acids is 2. The second-order valence-electron chi connectivity index (χ2n) is 2.81.